The molecule has 0 fully saturated rings. The van der Waals surface area contributed by atoms with Crippen molar-refractivity contribution < 1.29 is 57.2 Å². The van der Waals surface area contributed by atoms with Crippen LogP contribution in [0.2, 0.25) is 10.0 Å². The Labute approximate surface area is 263 Å². The number of nitrogens with one attached hydrogen (secondary N) is 1. The zero-order valence-electron chi connectivity index (χ0n) is 21.7. The number of hydrogen-bond donors (Lipinski definition) is 2. The molecule has 0 aromatic heterocycles. The van der Waals surface area contributed by atoms with E-state index in [1.54, 1.807) is 56.3 Å². The Balaban J connectivity index is 0.00000441. The van der Waals surface area contributed by atoms with Crippen molar-refractivity contribution in [1.82, 2.24) is 0 Å². The molecule has 9 nitrogen and oxygen atoms in total. The second kappa shape index (κ2) is 13.3. The maximum Gasteiger partial charge on any atom is 1.00 e. The van der Waals surface area contributed by atoms with Crippen LogP contribution in [-0.4, -0.2) is 25.5 Å². The molecule has 0 radical (unpaired) electrons. The van der Waals surface area contributed by atoms with Gasteiger partial charge in [-0.1, -0.05) is 66.2 Å². The van der Waals surface area contributed by atoms with E-state index < -0.39 is 26.7 Å². The van der Waals surface area contributed by atoms with Crippen LogP contribution in [0.3, 0.4) is 0 Å². The van der Waals surface area contributed by atoms with Gasteiger partial charge in [0.25, 0.3) is 16.0 Å². The third kappa shape index (κ3) is 6.77. The maximum atomic E-state index is 13.5. The molecule has 0 aliphatic rings. The summed E-state index contributed by atoms with van der Waals surface area (Å²) in [5.41, 5.74) is 0.364. The van der Waals surface area contributed by atoms with Gasteiger partial charge < -0.3 is 15.2 Å². The minimum absolute atomic E-state index is 0. The molecule has 1 amide bonds. The molecule has 13 heteroatoms. The van der Waals surface area contributed by atoms with E-state index in [9.17, 15) is 22.9 Å². The molecule has 0 atom stereocenters. The number of nitrogens with zero attached hydrogens (tertiary/aromatic N) is 2. The maximum absolute atomic E-state index is 13.5. The average molecular weight is 610 g/mol. The first kappa shape index (κ1) is 31.8. The third-order valence-electron chi connectivity index (χ3n) is 5.79. The number of azo groups is 1. The van der Waals surface area contributed by atoms with Gasteiger partial charge in [0.05, 0.1) is 27.9 Å². The Morgan fingerprint density at radius 1 is 1.02 bits per heavy atom. The van der Waals surface area contributed by atoms with E-state index in [1.165, 1.54) is 6.07 Å². The standard InChI is InChI=1S/C27H23Cl2N3O6S.Na/c1-3-17-21(29)13-16(39(35,36)37)14-22(17)31-32-24-18-9-6-5-8-15(18)12-19(26(24)33)27(34)30-25-20(28)10-7-11-23(25)38-4-2;/h5-14,33H,3-4H2,1-2H3,(H,30,34)(H,35,36,37);/q;+1/p-1. The van der Waals surface area contributed by atoms with Crippen molar-refractivity contribution in [3.8, 4) is 11.5 Å². The van der Waals surface area contributed by atoms with Gasteiger partial charge in [-0.15, -0.1) is 0 Å². The van der Waals surface area contributed by atoms with E-state index in [4.69, 9.17) is 27.9 Å². The van der Waals surface area contributed by atoms with E-state index in [0.29, 0.717) is 35.1 Å². The van der Waals surface area contributed by atoms with Crippen LogP contribution in [0.4, 0.5) is 17.1 Å². The van der Waals surface area contributed by atoms with Gasteiger partial charge in [-0.25, -0.2) is 0 Å². The molecule has 4 aromatic carbocycles. The van der Waals surface area contributed by atoms with Gasteiger partial charge in [-0.2, -0.15) is 18.6 Å². The van der Waals surface area contributed by atoms with Crippen molar-refractivity contribution in [2.75, 3.05) is 11.9 Å². The zero-order chi connectivity index (χ0) is 28.3. The summed E-state index contributed by atoms with van der Waals surface area (Å²) in [5.74, 6) is -1.11. The first-order chi connectivity index (χ1) is 18.5. The minimum Gasteiger partial charge on any atom is -0.870 e. The molecular formula is C27H22Cl2N3NaO6S. The normalized spacial score (nSPS) is 11.4. The fraction of sp³-hybridized carbons (Fsp3) is 0.148. The zero-order valence-corrected chi connectivity index (χ0v) is 26.1. The van der Waals surface area contributed by atoms with Crippen molar-refractivity contribution in [3.63, 3.8) is 0 Å². The predicted octanol–water partition coefficient (Wildman–Crippen LogP) is 4.10. The summed E-state index contributed by atoms with van der Waals surface area (Å²) < 4.78 is 38.5. The van der Waals surface area contributed by atoms with Crippen LogP contribution < -0.4 is 44.7 Å². The fourth-order valence-corrected chi connectivity index (χ4v) is 5.10. The first-order valence-corrected chi connectivity index (χ1v) is 13.9. The topological polar surface area (TPSA) is 140 Å². The second-order valence-corrected chi connectivity index (χ2v) is 10.5. The average Bonchev–Trinajstić information content (AvgIpc) is 2.89. The van der Waals surface area contributed by atoms with Gasteiger partial charge >= 0.3 is 29.6 Å². The van der Waals surface area contributed by atoms with Gasteiger partial charge in [0.1, 0.15) is 11.4 Å². The monoisotopic (exact) mass is 609 g/mol. The summed E-state index contributed by atoms with van der Waals surface area (Å²) in [6.45, 7) is 3.89. The summed E-state index contributed by atoms with van der Waals surface area (Å²) in [4.78, 5) is 12.8. The van der Waals surface area contributed by atoms with Crippen LogP contribution >= 0.6 is 23.2 Å². The Kier molecular flexibility index (Phi) is 10.6. The Morgan fingerprint density at radius 3 is 2.42 bits per heavy atom. The number of amides is 1. The molecule has 4 aromatic rings. The van der Waals surface area contributed by atoms with Crippen molar-refractivity contribution in [3.05, 3.63) is 81.8 Å². The molecule has 202 valence electrons. The number of carbonyl (C=O) groups is 1. The predicted molar refractivity (Wildman–Crippen MR) is 149 cm³/mol. The SMILES string of the molecule is CCOc1cccc(Cl)c1NC(=O)c1cc2ccccc2c(N=Nc2cc(S(=O)(=O)O)cc(Cl)c2CC)c1[O-].[Na+]. The summed E-state index contributed by atoms with van der Waals surface area (Å²) in [6.07, 6.45) is 0.367. The molecule has 0 heterocycles. The van der Waals surface area contributed by atoms with Crippen LogP contribution in [-0.2, 0) is 16.5 Å². The summed E-state index contributed by atoms with van der Waals surface area (Å²) in [7, 11) is -4.58. The number of carbonyl (C=O) groups excluding carboxylic acids is 1. The fourth-order valence-electron chi connectivity index (χ4n) is 3.95. The molecule has 0 saturated carbocycles. The number of rotatable bonds is 8. The smallest absolute Gasteiger partial charge is 0.870 e. The number of ether oxygens (including phenoxy) is 1. The van der Waals surface area contributed by atoms with Crippen molar-refractivity contribution in [2.24, 2.45) is 10.2 Å². The van der Waals surface area contributed by atoms with Crippen LogP contribution in [0.25, 0.3) is 10.8 Å². The molecule has 40 heavy (non-hydrogen) atoms. The Bertz CT molecular complexity index is 1730. The molecule has 0 unspecified atom stereocenters. The van der Waals surface area contributed by atoms with Crippen molar-refractivity contribution >= 4 is 67.1 Å². The largest absolute Gasteiger partial charge is 1.00 e. The van der Waals surface area contributed by atoms with E-state index in [0.717, 1.165) is 12.1 Å². The number of benzene rings is 4. The van der Waals surface area contributed by atoms with Crippen LogP contribution in [0.5, 0.6) is 11.5 Å². The van der Waals surface area contributed by atoms with E-state index in [2.05, 4.69) is 15.5 Å². The van der Waals surface area contributed by atoms with E-state index >= 15 is 0 Å². The van der Waals surface area contributed by atoms with Gasteiger partial charge in [0.2, 0.25) is 0 Å². The second-order valence-electron chi connectivity index (χ2n) is 8.25. The number of hydrogen-bond acceptors (Lipinski definition) is 7. The number of para-hydroxylation sites is 1. The van der Waals surface area contributed by atoms with Gasteiger partial charge in [0.15, 0.2) is 0 Å². The van der Waals surface area contributed by atoms with Crippen LogP contribution in [0, 0.1) is 0 Å². The molecule has 0 bridgehead atoms. The van der Waals surface area contributed by atoms with E-state index in [1.807, 2.05) is 0 Å². The first-order valence-electron chi connectivity index (χ1n) is 11.7. The Morgan fingerprint density at radius 2 is 1.75 bits per heavy atom. The van der Waals surface area contributed by atoms with Crippen LogP contribution in [0.1, 0.15) is 29.8 Å². The quantitative estimate of drug-likeness (QED) is 0.175. The molecule has 2 N–H and O–H groups in total. The number of fused-ring (bicyclic) bond motifs is 1. The molecular weight excluding hydrogens is 588 g/mol. The molecule has 4 rings (SSSR count). The number of anilines is 1. The Hall–Kier alpha value is -2.70. The summed E-state index contributed by atoms with van der Waals surface area (Å²) in [5, 5.41) is 25.7. The van der Waals surface area contributed by atoms with Gasteiger partial charge in [-0.3, -0.25) is 9.35 Å². The van der Waals surface area contributed by atoms with Crippen molar-refractivity contribution in [2.45, 2.75) is 25.2 Å². The summed E-state index contributed by atoms with van der Waals surface area (Å²) in [6, 6.07) is 15.3. The molecule has 0 aliphatic carbocycles. The molecule has 0 spiro atoms. The van der Waals surface area contributed by atoms with Crippen LogP contribution in [0.15, 0.2) is 75.8 Å². The van der Waals surface area contributed by atoms with Gasteiger partial charge in [-0.05, 0) is 54.6 Å². The number of halogens is 2. The minimum atomic E-state index is -4.58. The molecule has 0 saturated heterocycles. The summed E-state index contributed by atoms with van der Waals surface area (Å²) >= 11 is 12.5. The van der Waals surface area contributed by atoms with Gasteiger partial charge in [0, 0.05) is 16.0 Å². The third-order valence-corrected chi connectivity index (χ3v) is 7.27. The van der Waals surface area contributed by atoms with E-state index in [-0.39, 0.29) is 62.2 Å². The molecule has 0 aliphatic heterocycles. The van der Waals surface area contributed by atoms with Crippen molar-refractivity contribution in [1.29, 1.82) is 0 Å².